The molecule has 0 radical (unpaired) electrons. The summed E-state index contributed by atoms with van der Waals surface area (Å²) < 4.78 is 66.4. The minimum atomic E-state index is -4.69. The molecule has 0 aliphatic rings. The number of benzene rings is 1. The number of aromatic nitrogens is 2. The lowest BCUT2D eigenvalue weighted by Gasteiger charge is -2.14. The van der Waals surface area contributed by atoms with E-state index in [0.29, 0.717) is 0 Å². The molecule has 0 saturated heterocycles. The van der Waals surface area contributed by atoms with E-state index >= 15 is 0 Å². The maximum Gasteiger partial charge on any atom is 0.418 e. The van der Waals surface area contributed by atoms with E-state index in [0.717, 1.165) is 16.8 Å². The predicted molar refractivity (Wildman–Crippen MR) is 75.2 cm³/mol. The van der Waals surface area contributed by atoms with E-state index in [1.54, 1.807) is 0 Å². The zero-order valence-corrected chi connectivity index (χ0v) is 13.0. The Bertz CT molecular complexity index is 816. The number of nitrogens with zero attached hydrogens (tertiary/aromatic N) is 2. The van der Waals surface area contributed by atoms with E-state index in [9.17, 15) is 21.6 Å². The highest BCUT2D eigenvalue weighted by Gasteiger charge is 2.35. The first-order valence-corrected chi connectivity index (χ1v) is 7.78. The molecule has 2 rings (SSSR count). The molecule has 0 amide bonds. The van der Waals surface area contributed by atoms with Crippen molar-refractivity contribution in [2.45, 2.75) is 18.0 Å². The van der Waals surface area contributed by atoms with E-state index in [1.807, 2.05) is 4.72 Å². The van der Waals surface area contributed by atoms with Gasteiger partial charge >= 0.3 is 6.18 Å². The van der Waals surface area contributed by atoms with Gasteiger partial charge in [-0.25, -0.2) is 8.42 Å². The number of anilines is 1. The van der Waals surface area contributed by atoms with Crippen molar-refractivity contribution in [2.75, 3.05) is 4.72 Å². The molecule has 0 unspecified atom stereocenters. The van der Waals surface area contributed by atoms with E-state index in [2.05, 4.69) is 5.10 Å². The Balaban J connectivity index is 2.51. The molecule has 120 valence electrons. The van der Waals surface area contributed by atoms with Crippen LogP contribution in [0.2, 0.25) is 5.15 Å². The van der Waals surface area contributed by atoms with Gasteiger partial charge in [0.1, 0.15) is 10.0 Å². The molecule has 22 heavy (non-hydrogen) atoms. The van der Waals surface area contributed by atoms with Crippen molar-refractivity contribution in [3.8, 4) is 0 Å². The van der Waals surface area contributed by atoms with Crippen LogP contribution in [0, 0.1) is 6.92 Å². The summed E-state index contributed by atoms with van der Waals surface area (Å²) in [6.07, 6.45) is -4.69. The molecule has 1 heterocycles. The van der Waals surface area contributed by atoms with E-state index < -0.39 is 27.5 Å². The highest BCUT2D eigenvalue weighted by atomic mass is 35.5. The van der Waals surface area contributed by atoms with Gasteiger partial charge in [0.15, 0.2) is 0 Å². The Morgan fingerprint density at radius 1 is 1.27 bits per heavy atom. The summed E-state index contributed by atoms with van der Waals surface area (Å²) in [5, 5.41) is 3.65. The summed E-state index contributed by atoms with van der Waals surface area (Å²) in [7, 11) is -2.87. The Kier molecular flexibility index (Phi) is 4.14. The number of aryl methyl sites for hydroxylation is 2. The van der Waals surface area contributed by atoms with Crippen LogP contribution < -0.4 is 4.72 Å². The summed E-state index contributed by atoms with van der Waals surface area (Å²) in [5.74, 6) is 0. The minimum Gasteiger partial charge on any atom is -0.279 e. The summed E-state index contributed by atoms with van der Waals surface area (Å²) in [6, 6.07) is 4.28. The minimum absolute atomic E-state index is 0.0875. The van der Waals surface area contributed by atoms with E-state index in [1.165, 1.54) is 26.1 Å². The van der Waals surface area contributed by atoms with Gasteiger partial charge in [0.25, 0.3) is 10.0 Å². The Morgan fingerprint density at radius 3 is 2.36 bits per heavy atom. The quantitative estimate of drug-likeness (QED) is 0.921. The van der Waals surface area contributed by atoms with Crippen molar-refractivity contribution in [1.29, 1.82) is 0 Å². The highest BCUT2D eigenvalue weighted by Crippen LogP contribution is 2.36. The molecule has 0 bridgehead atoms. The third-order valence-electron chi connectivity index (χ3n) is 2.85. The van der Waals surface area contributed by atoms with Crippen LogP contribution in [0.15, 0.2) is 29.2 Å². The Labute approximate surface area is 129 Å². The van der Waals surface area contributed by atoms with Crippen molar-refractivity contribution < 1.29 is 21.6 Å². The molecule has 2 aromatic rings. The van der Waals surface area contributed by atoms with Gasteiger partial charge in [0.05, 0.1) is 16.9 Å². The first-order valence-electron chi connectivity index (χ1n) is 5.92. The molecule has 10 heteroatoms. The first-order chi connectivity index (χ1) is 10.0. The van der Waals surface area contributed by atoms with Crippen LogP contribution in [0.25, 0.3) is 0 Å². The third-order valence-corrected chi connectivity index (χ3v) is 4.91. The average Bonchev–Trinajstić information content (AvgIpc) is 2.62. The van der Waals surface area contributed by atoms with Crippen LogP contribution in [-0.4, -0.2) is 18.2 Å². The zero-order chi connectivity index (χ0) is 16.7. The number of hydrogen-bond acceptors (Lipinski definition) is 3. The lowest BCUT2D eigenvalue weighted by atomic mass is 10.2. The van der Waals surface area contributed by atoms with Crippen molar-refractivity contribution >= 4 is 27.3 Å². The first kappa shape index (κ1) is 16.6. The summed E-state index contributed by atoms with van der Waals surface area (Å²) in [6.45, 7) is 1.40. The van der Waals surface area contributed by atoms with Crippen LogP contribution >= 0.6 is 11.6 Å². The maximum absolute atomic E-state index is 12.9. The molecule has 1 aromatic carbocycles. The zero-order valence-electron chi connectivity index (χ0n) is 11.4. The van der Waals surface area contributed by atoms with E-state index in [-0.39, 0.29) is 15.7 Å². The second-order valence-electron chi connectivity index (χ2n) is 4.48. The fourth-order valence-electron chi connectivity index (χ4n) is 1.93. The second-order valence-corrected chi connectivity index (χ2v) is 6.46. The molecule has 0 aliphatic heterocycles. The largest absolute Gasteiger partial charge is 0.418 e. The topological polar surface area (TPSA) is 64.0 Å². The van der Waals surface area contributed by atoms with Crippen molar-refractivity contribution in [3.63, 3.8) is 0 Å². The monoisotopic (exact) mass is 353 g/mol. The third kappa shape index (κ3) is 3.05. The predicted octanol–water partition coefficient (Wildman–Crippen LogP) is 3.20. The molecule has 0 spiro atoms. The van der Waals surface area contributed by atoms with Gasteiger partial charge in [0, 0.05) is 7.05 Å². The number of rotatable bonds is 3. The van der Waals surface area contributed by atoms with Gasteiger partial charge < -0.3 is 0 Å². The maximum atomic E-state index is 12.9. The van der Waals surface area contributed by atoms with Crippen LogP contribution in [0.3, 0.4) is 0 Å². The van der Waals surface area contributed by atoms with Gasteiger partial charge in [0.2, 0.25) is 0 Å². The molecular weight excluding hydrogens is 343 g/mol. The molecule has 0 fully saturated rings. The average molecular weight is 354 g/mol. The van der Waals surface area contributed by atoms with E-state index in [4.69, 9.17) is 11.6 Å². The SMILES string of the molecule is Cc1nn(C)c(Cl)c1S(=O)(=O)Nc1ccccc1C(F)(F)F. The normalized spacial score (nSPS) is 12.5. The molecular formula is C12H11ClF3N3O2S. The Hall–Kier alpha value is -1.74. The number of halogens is 4. The Morgan fingerprint density at radius 2 is 1.86 bits per heavy atom. The standard InChI is InChI=1S/C12H11ClF3N3O2S/c1-7-10(11(13)19(2)17-7)22(20,21)18-9-6-4-3-5-8(9)12(14,15)16/h3-6,18H,1-2H3. The van der Waals surface area contributed by atoms with Gasteiger partial charge in [-0.15, -0.1) is 0 Å². The molecule has 5 nitrogen and oxygen atoms in total. The van der Waals surface area contributed by atoms with Gasteiger partial charge in [-0.3, -0.25) is 9.40 Å². The highest BCUT2D eigenvalue weighted by molar-refractivity contribution is 7.92. The fourth-order valence-corrected chi connectivity index (χ4v) is 3.76. The molecule has 0 aliphatic carbocycles. The number of hydrogen-bond donors (Lipinski definition) is 1. The summed E-state index contributed by atoms with van der Waals surface area (Å²) in [5.41, 5.74) is -1.57. The summed E-state index contributed by atoms with van der Waals surface area (Å²) in [4.78, 5) is -0.353. The lowest BCUT2D eigenvalue weighted by molar-refractivity contribution is -0.136. The molecule has 1 aromatic heterocycles. The van der Waals surface area contributed by atoms with Crippen LogP contribution in [0.5, 0.6) is 0 Å². The van der Waals surface area contributed by atoms with Gasteiger partial charge in [-0.2, -0.15) is 18.3 Å². The second kappa shape index (κ2) is 5.47. The van der Waals surface area contributed by atoms with Gasteiger partial charge in [-0.1, -0.05) is 23.7 Å². The van der Waals surface area contributed by atoms with Crippen LogP contribution in [-0.2, 0) is 23.2 Å². The number of para-hydroxylation sites is 1. The molecule has 1 N–H and O–H groups in total. The molecule has 0 atom stereocenters. The van der Waals surface area contributed by atoms with Crippen molar-refractivity contribution in [3.05, 3.63) is 40.7 Å². The van der Waals surface area contributed by atoms with Crippen LogP contribution in [0.1, 0.15) is 11.3 Å². The lowest BCUT2D eigenvalue weighted by Crippen LogP contribution is -2.17. The van der Waals surface area contributed by atoms with Crippen molar-refractivity contribution in [2.24, 2.45) is 7.05 Å². The van der Waals surface area contributed by atoms with Crippen LogP contribution in [0.4, 0.5) is 18.9 Å². The van der Waals surface area contributed by atoms with Gasteiger partial charge in [-0.05, 0) is 19.1 Å². The smallest absolute Gasteiger partial charge is 0.279 e. The fraction of sp³-hybridized carbons (Fsp3) is 0.250. The summed E-state index contributed by atoms with van der Waals surface area (Å²) >= 11 is 5.85. The number of nitrogens with one attached hydrogen (secondary N) is 1. The van der Waals surface area contributed by atoms with Crippen molar-refractivity contribution in [1.82, 2.24) is 9.78 Å². The number of sulfonamides is 1. The number of alkyl halides is 3. The molecule has 0 saturated carbocycles.